The number of nitriles is 1. The molecule has 0 atom stereocenters. The number of aromatic nitrogens is 2. The number of hydrogen-bond acceptors (Lipinski definition) is 10. The van der Waals surface area contributed by atoms with E-state index in [0.29, 0.717) is 22.5 Å². The van der Waals surface area contributed by atoms with Gasteiger partial charge in [-0.3, -0.25) is 10.1 Å². The molecule has 3 aromatic rings. The van der Waals surface area contributed by atoms with Gasteiger partial charge in [-0.2, -0.15) is 5.26 Å². The van der Waals surface area contributed by atoms with Gasteiger partial charge in [0.2, 0.25) is 19.3 Å². The van der Waals surface area contributed by atoms with Gasteiger partial charge in [-0.05, 0) is 49.8 Å². The number of carbonyl (C=O) groups excluding carboxylic acids is 2. The molecule has 0 saturated carbocycles. The van der Waals surface area contributed by atoms with Crippen LogP contribution >= 0.6 is 11.3 Å². The maximum atomic E-state index is 12.6. The molecular formula is C24H22N4O6S2. The van der Waals surface area contributed by atoms with Gasteiger partial charge in [0.25, 0.3) is 5.91 Å². The average molecular weight is 527 g/mol. The Bertz CT molecular complexity index is 1470. The van der Waals surface area contributed by atoms with Crippen LogP contribution < -0.4 is 14.8 Å². The number of nitrogens with one attached hydrogen (secondary N) is 1. The average Bonchev–Trinajstić information content (AvgIpc) is 3.33. The van der Waals surface area contributed by atoms with Gasteiger partial charge in [0.05, 0.1) is 17.9 Å². The van der Waals surface area contributed by atoms with Crippen LogP contribution in [0, 0.1) is 18.3 Å². The second kappa shape index (κ2) is 11.6. The Hall–Kier alpha value is -4.08. The van der Waals surface area contributed by atoms with Crippen LogP contribution in [0.4, 0.5) is 5.13 Å². The molecule has 0 spiro atoms. The first-order chi connectivity index (χ1) is 17.2. The number of rotatable bonds is 9. The van der Waals surface area contributed by atoms with Crippen molar-refractivity contribution in [3.63, 3.8) is 0 Å². The molecule has 0 aliphatic rings. The Morgan fingerprint density at radius 3 is 2.58 bits per heavy atom. The predicted octanol–water partition coefficient (Wildman–Crippen LogP) is 3.80. The lowest BCUT2D eigenvalue weighted by Crippen LogP contribution is -2.13. The van der Waals surface area contributed by atoms with Crippen LogP contribution in [0.3, 0.4) is 0 Å². The maximum absolute atomic E-state index is 12.6. The standard InChI is InChI=1S/C24H22N4O6S2/c1-4-33-20-13-16(9-10-19(20)34-22(30)17-8-6-7-15(3)11-17)12-18(14-25)21(29)26-23-27-28-24(35-23)36(31,32)5-2/h6-13H,4-5H2,1-3H3,(H,26,27,29)/b18-12-. The second-order valence-corrected chi connectivity index (χ2v) is 10.7. The van der Waals surface area contributed by atoms with Crippen LogP contribution in [-0.4, -0.2) is 42.9 Å². The lowest BCUT2D eigenvalue weighted by Gasteiger charge is -2.12. The topological polar surface area (TPSA) is 148 Å². The molecule has 1 heterocycles. The highest BCUT2D eigenvalue weighted by Crippen LogP contribution is 2.30. The van der Waals surface area contributed by atoms with Crippen molar-refractivity contribution in [3.05, 3.63) is 64.7 Å². The summed E-state index contributed by atoms with van der Waals surface area (Å²) in [7, 11) is -3.57. The lowest BCUT2D eigenvalue weighted by molar-refractivity contribution is -0.112. The summed E-state index contributed by atoms with van der Waals surface area (Å²) in [5, 5.41) is 19.1. The molecule has 0 aliphatic heterocycles. The Morgan fingerprint density at radius 1 is 1.14 bits per heavy atom. The fourth-order valence-electron chi connectivity index (χ4n) is 2.89. The largest absolute Gasteiger partial charge is 0.490 e. The highest BCUT2D eigenvalue weighted by atomic mass is 32.2. The molecule has 0 saturated heterocycles. The minimum Gasteiger partial charge on any atom is -0.490 e. The monoisotopic (exact) mass is 526 g/mol. The molecule has 0 aliphatic carbocycles. The summed E-state index contributed by atoms with van der Waals surface area (Å²) in [6.07, 6.45) is 1.31. The van der Waals surface area contributed by atoms with Gasteiger partial charge in [-0.15, -0.1) is 10.2 Å². The van der Waals surface area contributed by atoms with E-state index < -0.39 is 21.7 Å². The third-order valence-corrected chi connectivity index (χ3v) is 7.69. The molecule has 1 amide bonds. The van der Waals surface area contributed by atoms with Gasteiger partial charge < -0.3 is 9.47 Å². The summed E-state index contributed by atoms with van der Waals surface area (Å²) >= 11 is 0.695. The van der Waals surface area contributed by atoms with Gasteiger partial charge in [0.15, 0.2) is 11.5 Å². The zero-order chi connectivity index (χ0) is 26.3. The van der Waals surface area contributed by atoms with E-state index in [-0.39, 0.29) is 38.9 Å². The van der Waals surface area contributed by atoms with Gasteiger partial charge in [0.1, 0.15) is 11.6 Å². The van der Waals surface area contributed by atoms with Crippen molar-refractivity contribution in [2.75, 3.05) is 17.7 Å². The molecule has 0 radical (unpaired) electrons. The fourth-order valence-corrected chi connectivity index (χ4v) is 4.87. The van der Waals surface area contributed by atoms with E-state index in [0.717, 1.165) is 5.56 Å². The molecule has 2 aromatic carbocycles. The SMILES string of the molecule is CCOc1cc(/C=C(/C#N)C(=O)Nc2nnc(S(=O)(=O)CC)s2)ccc1OC(=O)c1cccc(C)c1. The van der Waals surface area contributed by atoms with Crippen LogP contribution in [-0.2, 0) is 14.6 Å². The number of ether oxygens (including phenoxy) is 2. The van der Waals surface area contributed by atoms with Crippen molar-refractivity contribution in [2.24, 2.45) is 0 Å². The molecule has 3 rings (SSSR count). The summed E-state index contributed by atoms with van der Waals surface area (Å²) in [6.45, 7) is 5.38. The van der Waals surface area contributed by atoms with E-state index >= 15 is 0 Å². The molecule has 186 valence electrons. The van der Waals surface area contributed by atoms with Gasteiger partial charge in [-0.1, -0.05) is 42.0 Å². The highest BCUT2D eigenvalue weighted by molar-refractivity contribution is 7.93. The first kappa shape index (κ1) is 26.5. The van der Waals surface area contributed by atoms with E-state index in [2.05, 4.69) is 15.5 Å². The van der Waals surface area contributed by atoms with E-state index in [4.69, 9.17) is 9.47 Å². The molecule has 1 aromatic heterocycles. The summed E-state index contributed by atoms with van der Waals surface area (Å²) in [6, 6.07) is 13.4. The van der Waals surface area contributed by atoms with E-state index in [1.807, 2.05) is 13.0 Å². The van der Waals surface area contributed by atoms with Gasteiger partial charge in [-0.25, -0.2) is 13.2 Å². The number of amides is 1. The maximum Gasteiger partial charge on any atom is 0.343 e. The Balaban J connectivity index is 1.81. The number of anilines is 1. The van der Waals surface area contributed by atoms with Gasteiger partial charge in [0, 0.05) is 0 Å². The van der Waals surface area contributed by atoms with Crippen molar-refractivity contribution < 1.29 is 27.5 Å². The number of esters is 1. The first-order valence-corrected chi connectivity index (χ1v) is 13.2. The van der Waals surface area contributed by atoms with E-state index in [9.17, 15) is 23.3 Å². The molecule has 10 nitrogen and oxygen atoms in total. The van der Waals surface area contributed by atoms with Crippen molar-refractivity contribution >= 4 is 44.3 Å². The third kappa shape index (κ3) is 6.53. The zero-order valence-electron chi connectivity index (χ0n) is 19.6. The Labute approximate surface area is 212 Å². The van der Waals surface area contributed by atoms with E-state index in [1.54, 1.807) is 37.3 Å². The predicted molar refractivity (Wildman–Crippen MR) is 134 cm³/mol. The minimum atomic E-state index is -3.57. The lowest BCUT2D eigenvalue weighted by atomic mass is 10.1. The van der Waals surface area contributed by atoms with Crippen molar-refractivity contribution in [3.8, 4) is 17.6 Å². The molecule has 0 bridgehead atoms. The fraction of sp³-hybridized carbons (Fsp3) is 0.208. The van der Waals surface area contributed by atoms with Crippen LogP contribution in [0.5, 0.6) is 11.5 Å². The summed E-state index contributed by atoms with van der Waals surface area (Å²) in [4.78, 5) is 25.1. The number of nitrogens with zero attached hydrogens (tertiary/aromatic N) is 3. The molecule has 0 unspecified atom stereocenters. The molecule has 0 fully saturated rings. The number of aryl methyl sites for hydroxylation is 1. The zero-order valence-corrected chi connectivity index (χ0v) is 21.3. The number of sulfone groups is 1. The molecule has 12 heteroatoms. The van der Waals surface area contributed by atoms with Gasteiger partial charge >= 0.3 is 5.97 Å². The number of hydrogen-bond donors (Lipinski definition) is 1. The normalized spacial score (nSPS) is 11.4. The summed E-state index contributed by atoms with van der Waals surface area (Å²) < 4.78 is 34.7. The number of carbonyl (C=O) groups is 2. The summed E-state index contributed by atoms with van der Waals surface area (Å²) in [5.74, 6) is -1.06. The minimum absolute atomic E-state index is 0.0541. The smallest absolute Gasteiger partial charge is 0.343 e. The quantitative estimate of drug-likeness (QED) is 0.144. The van der Waals surface area contributed by atoms with Crippen molar-refractivity contribution in [1.29, 1.82) is 5.26 Å². The second-order valence-electron chi connectivity index (χ2n) is 7.30. The highest BCUT2D eigenvalue weighted by Gasteiger charge is 2.20. The molecule has 1 N–H and O–H groups in total. The molecule has 36 heavy (non-hydrogen) atoms. The number of benzene rings is 2. The van der Waals surface area contributed by atoms with Crippen molar-refractivity contribution in [2.45, 2.75) is 25.1 Å². The van der Waals surface area contributed by atoms with Crippen LogP contribution in [0.1, 0.15) is 35.3 Å². The first-order valence-electron chi connectivity index (χ1n) is 10.7. The Morgan fingerprint density at radius 2 is 1.92 bits per heavy atom. The summed E-state index contributed by atoms with van der Waals surface area (Å²) in [5.41, 5.74) is 1.47. The van der Waals surface area contributed by atoms with Crippen LogP contribution in [0.25, 0.3) is 6.08 Å². The Kier molecular flexibility index (Phi) is 8.52. The third-order valence-electron chi connectivity index (χ3n) is 4.67. The molecular weight excluding hydrogens is 504 g/mol. The van der Waals surface area contributed by atoms with E-state index in [1.165, 1.54) is 25.1 Å². The van der Waals surface area contributed by atoms with Crippen LogP contribution in [0.15, 0.2) is 52.4 Å². The van der Waals surface area contributed by atoms with Crippen molar-refractivity contribution in [1.82, 2.24) is 10.2 Å². The van der Waals surface area contributed by atoms with Crippen LogP contribution in [0.2, 0.25) is 0 Å².